The summed E-state index contributed by atoms with van der Waals surface area (Å²) in [5, 5.41) is 10.5. The molecular formula is C30H21N9O. The number of H-pyrrole nitrogens is 2. The Bertz CT molecular complexity index is 1980. The smallest absolute Gasteiger partial charge is 0.228 e. The van der Waals surface area contributed by atoms with Gasteiger partial charge in [-0.05, 0) is 42.0 Å². The summed E-state index contributed by atoms with van der Waals surface area (Å²) in [6.07, 6.45) is 8.83. The Morgan fingerprint density at radius 1 is 0.775 bits per heavy atom. The third-order valence-electron chi connectivity index (χ3n) is 6.51. The van der Waals surface area contributed by atoms with Crippen LogP contribution in [0.1, 0.15) is 5.56 Å². The minimum Gasteiger partial charge on any atom is -0.336 e. The number of hydrogen-bond donors (Lipinski definition) is 3. The van der Waals surface area contributed by atoms with E-state index in [4.69, 9.17) is 9.97 Å². The Morgan fingerprint density at radius 3 is 2.50 bits per heavy atom. The SMILES string of the molecule is O=C(Cc1ccccc1)Nc1cncc(-c2ccc3[nH]nc(-c4nc5c(-c6ccncc6)nccc5[nH]4)c3n2)c1. The van der Waals surface area contributed by atoms with Gasteiger partial charge in [0.1, 0.15) is 11.0 Å². The molecule has 0 aliphatic heterocycles. The predicted molar refractivity (Wildman–Crippen MR) is 152 cm³/mol. The Hall–Kier alpha value is -5.77. The third kappa shape index (κ3) is 4.43. The summed E-state index contributed by atoms with van der Waals surface area (Å²) >= 11 is 0. The number of fused-ring (bicyclic) bond motifs is 2. The van der Waals surface area contributed by atoms with Crippen molar-refractivity contribution in [2.75, 3.05) is 5.32 Å². The monoisotopic (exact) mass is 523 g/mol. The highest BCUT2D eigenvalue weighted by Crippen LogP contribution is 2.30. The summed E-state index contributed by atoms with van der Waals surface area (Å²) < 4.78 is 0. The summed E-state index contributed by atoms with van der Waals surface area (Å²) in [5.74, 6) is 0.463. The number of pyridine rings is 4. The van der Waals surface area contributed by atoms with Crippen LogP contribution in [0.15, 0.2) is 97.7 Å². The fraction of sp³-hybridized carbons (Fsp3) is 0.0333. The van der Waals surface area contributed by atoms with Crippen molar-refractivity contribution in [1.82, 2.24) is 40.1 Å². The van der Waals surface area contributed by atoms with Crippen LogP contribution in [-0.2, 0) is 11.2 Å². The van der Waals surface area contributed by atoms with Gasteiger partial charge in [-0.1, -0.05) is 30.3 Å². The van der Waals surface area contributed by atoms with Gasteiger partial charge in [0, 0.05) is 35.9 Å². The molecule has 0 bridgehead atoms. The van der Waals surface area contributed by atoms with Crippen molar-refractivity contribution in [1.29, 1.82) is 0 Å². The highest BCUT2D eigenvalue weighted by Gasteiger charge is 2.17. The van der Waals surface area contributed by atoms with E-state index in [9.17, 15) is 4.79 Å². The largest absolute Gasteiger partial charge is 0.336 e. The molecule has 7 aromatic rings. The molecule has 40 heavy (non-hydrogen) atoms. The lowest BCUT2D eigenvalue weighted by Crippen LogP contribution is -2.14. The number of carbonyl (C=O) groups is 1. The first-order valence-electron chi connectivity index (χ1n) is 12.6. The number of amides is 1. The first-order valence-corrected chi connectivity index (χ1v) is 12.6. The van der Waals surface area contributed by atoms with Crippen molar-refractivity contribution in [2.45, 2.75) is 6.42 Å². The van der Waals surface area contributed by atoms with Crippen LogP contribution in [0.4, 0.5) is 5.69 Å². The van der Waals surface area contributed by atoms with Gasteiger partial charge in [0.15, 0.2) is 11.5 Å². The van der Waals surface area contributed by atoms with Gasteiger partial charge in [-0.25, -0.2) is 9.97 Å². The number of carbonyl (C=O) groups excluding carboxylic acids is 1. The van der Waals surface area contributed by atoms with Crippen molar-refractivity contribution in [3.8, 4) is 34.0 Å². The van der Waals surface area contributed by atoms with E-state index < -0.39 is 0 Å². The molecule has 0 saturated heterocycles. The zero-order valence-electron chi connectivity index (χ0n) is 21.0. The Balaban J connectivity index is 1.21. The number of nitrogens with one attached hydrogen (secondary N) is 3. The number of imidazole rings is 1. The average Bonchev–Trinajstić information content (AvgIpc) is 3.62. The Morgan fingerprint density at radius 2 is 1.62 bits per heavy atom. The topological polar surface area (TPSA) is 138 Å². The van der Waals surface area contributed by atoms with E-state index >= 15 is 0 Å². The summed E-state index contributed by atoms with van der Waals surface area (Å²) in [6.45, 7) is 0. The zero-order valence-corrected chi connectivity index (χ0v) is 21.0. The molecule has 1 amide bonds. The van der Waals surface area contributed by atoms with Gasteiger partial charge < -0.3 is 10.3 Å². The molecule has 0 unspecified atom stereocenters. The van der Waals surface area contributed by atoms with Crippen LogP contribution < -0.4 is 5.32 Å². The maximum atomic E-state index is 12.6. The number of benzene rings is 1. The summed E-state index contributed by atoms with van der Waals surface area (Å²) in [4.78, 5) is 38.6. The molecule has 0 aliphatic rings. The van der Waals surface area contributed by atoms with Gasteiger partial charge in [0.05, 0.1) is 40.7 Å². The van der Waals surface area contributed by atoms with Gasteiger partial charge in [0.25, 0.3) is 0 Å². The number of aromatic amines is 2. The molecule has 1 aromatic carbocycles. The molecule has 192 valence electrons. The Labute approximate surface area is 227 Å². The normalized spacial score (nSPS) is 11.2. The standard InChI is InChI=1S/C30H21N9O/c40-25(14-18-4-2-1-3-5-18)34-21-15-20(16-32-17-21)22-6-7-24-28(35-22)29(39-38-24)30-36-23-10-13-33-26(27(23)37-30)19-8-11-31-12-9-19/h1-13,15-17H,14H2,(H,34,40)(H,36,37)(H,38,39). The van der Waals surface area contributed by atoms with Crippen LogP contribution in [0.2, 0.25) is 0 Å². The molecule has 0 aliphatic carbocycles. The van der Waals surface area contributed by atoms with Crippen LogP contribution in [0.5, 0.6) is 0 Å². The van der Waals surface area contributed by atoms with E-state index in [0.29, 0.717) is 28.4 Å². The Kier molecular flexibility index (Phi) is 5.74. The first-order chi connectivity index (χ1) is 19.7. The van der Waals surface area contributed by atoms with Crippen LogP contribution in [0.25, 0.3) is 56.1 Å². The second kappa shape index (κ2) is 9.84. The second-order valence-corrected chi connectivity index (χ2v) is 9.21. The third-order valence-corrected chi connectivity index (χ3v) is 6.51. The summed E-state index contributed by atoms with van der Waals surface area (Å²) in [7, 11) is 0. The number of aromatic nitrogens is 8. The lowest BCUT2D eigenvalue weighted by atomic mass is 10.1. The molecule has 0 saturated carbocycles. The molecule has 6 heterocycles. The molecule has 10 nitrogen and oxygen atoms in total. The second-order valence-electron chi connectivity index (χ2n) is 9.21. The first kappa shape index (κ1) is 23.4. The molecule has 0 atom stereocenters. The van der Waals surface area contributed by atoms with Crippen LogP contribution in [0.3, 0.4) is 0 Å². The van der Waals surface area contributed by atoms with Crippen molar-refractivity contribution in [3.05, 3.63) is 103 Å². The van der Waals surface area contributed by atoms with E-state index in [0.717, 1.165) is 38.9 Å². The van der Waals surface area contributed by atoms with Gasteiger partial charge in [0.2, 0.25) is 5.91 Å². The van der Waals surface area contributed by atoms with Gasteiger partial charge >= 0.3 is 0 Å². The van der Waals surface area contributed by atoms with Crippen molar-refractivity contribution >= 4 is 33.7 Å². The number of nitrogens with zero attached hydrogens (tertiary/aromatic N) is 6. The lowest BCUT2D eigenvalue weighted by molar-refractivity contribution is -0.115. The maximum Gasteiger partial charge on any atom is 0.228 e. The minimum atomic E-state index is -0.115. The predicted octanol–water partition coefficient (Wildman–Crippen LogP) is 5.20. The summed E-state index contributed by atoms with van der Waals surface area (Å²) in [6, 6.07) is 21.0. The van der Waals surface area contributed by atoms with Crippen LogP contribution >= 0.6 is 0 Å². The van der Waals surface area contributed by atoms with Crippen molar-refractivity contribution in [2.24, 2.45) is 0 Å². The van der Waals surface area contributed by atoms with E-state index in [1.54, 1.807) is 31.0 Å². The highest BCUT2D eigenvalue weighted by atomic mass is 16.1. The lowest BCUT2D eigenvalue weighted by Gasteiger charge is -2.07. The number of anilines is 1. The number of hydrogen-bond acceptors (Lipinski definition) is 7. The molecular weight excluding hydrogens is 502 g/mol. The van der Waals surface area contributed by atoms with Crippen LogP contribution in [0, 0.1) is 0 Å². The quantitative estimate of drug-likeness (QED) is 0.272. The molecule has 10 heteroatoms. The van der Waals surface area contributed by atoms with E-state index in [1.807, 2.05) is 66.7 Å². The molecule has 3 N–H and O–H groups in total. The molecule has 0 fully saturated rings. The van der Waals surface area contributed by atoms with E-state index in [1.165, 1.54) is 0 Å². The van der Waals surface area contributed by atoms with Gasteiger partial charge in [-0.3, -0.25) is 24.8 Å². The van der Waals surface area contributed by atoms with Gasteiger partial charge in [-0.15, -0.1) is 0 Å². The van der Waals surface area contributed by atoms with Crippen LogP contribution in [-0.4, -0.2) is 46.0 Å². The molecule has 0 radical (unpaired) electrons. The average molecular weight is 524 g/mol. The maximum absolute atomic E-state index is 12.6. The van der Waals surface area contributed by atoms with Crippen molar-refractivity contribution < 1.29 is 4.79 Å². The molecule has 7 rings (SSSR count). The van der Waals surface area contributed by atoms with E-state index in [2.05, 4.69) is 35.5 Å². The van der Waals surface area contributed by atoms with E-state index in [-0.39, 0.29) is 12.3 Å². The molecule has 0 spiro atoms. The highest BCUT2D eigenvalue weighted by molar-refractivity contribution is 5.95. The minimum absolute atomic E-state index is 0.115. The molecule has 6 aromatic heterocycles. The summed E-state index contributed by atoms with van der Waals surface area (Å²) in [5.41, 5.74) is 8.28. The zero-order chi connectivity index (χ0) is 26.9. The fourth-order valence-corrected chi connectivity index (χ4v) is 4.63. The fourth-order valence-electron chi connectivity index (χ4n) is 4.63. The van der Waals surface area contributed by atoms with Crippen molar-refractivity contribution in [3.63, 3.8) is 0 Å². The van der Waals surface area contributed by atoms with Gasteiger partial charge in [-0.2, -0.15) is 5.10 Å². The number of rotatable bonds is 6.